The van der Waals surface area contributed by atoms with Gasteiger partial charge in [-0.1, -0.05) is 24.1 Å². The van der Waals surface area contributed by atoms with Gasteiger partial charge < -0.3 is 11.1 Å². The molecule has 1 aliphatic rings. The highest BCUT2D eigenvalue weighted by atomic mass is 35.5. The van der Waals surface area contributed by atoms with Gasteiger partial charge in [0.2, 0.25) is 0 Å². The SMILES string of the molecule is Cl.NCC1CCCC1NC(=O)c1c(F)cccc1Cl. The Morgan fingerprint density at radius 1 is 1.47 bits per heavy atom. The van der Waals surface area contributed by atoms with Crippen LogP contribution in [-0.4, -0.2) is 18.5 Å². The summed E-state index contributed by atoms with van der Waals surface area (Å²) >= 11 is 5.85. The van der Waals surface area contributed by atoms with Crippen LogP contribution in [0.25, 0.3) is 0 Å². The molecule has 0 saturated heterocycles. The molecule has 1 fully saturated rings. The molecule has 0 bridgehead atoms. The van der Waals surface area contributed by atoms with E-state index in [9.17, 15) is 9.18 Å². The minimum absolute atomic E-state index is 0. The lowest BCUT2D eigenvalue weighted by atomic mass is 10.0. The van der Waals surface area contributed by atoms with Gasteiger partial charge >= 0.3 is 0 Å². The number of hydrogen-bond donors (Lipinski definition) is 2. The number of carbonyl (C=O) groups is 1. The van der Waals surface area contributed by atoms with E-state index in [2.05, 4.69) is 5.32 Å². The average Bonchev–Trinajstić information content (AvgIpc) is 2.76. The van der Waals surface area contributed by atoms with Crippen LogP contribution in [0.2, 0.25) is 5.02 Å². The summed E-state index contributed by atoms with van der Waals surface area (Å²) in [6.45, 7) is 0.538. The average molecular weight is 307 g/mol. The predicted molar refractivity (Wildman–Crippen MR) is 76.3 cm³/mol. The van der Waals surface area contributed by atoms with Crippen LogP contribution in [0.15, 0.2) is 18.2 Å². The zero-order chi connectivity index (χ0) is 13.1. The Hall–Kier alpha value is -0.840. The highest BCUT2D eigenvalue weighted by Crippen LogP contribution is 2.26. The fourth-order valence-electron chi connectivity index (χ4n) is 2.46. The number of hydrogen-bond acceptors (Lipinski definition) is 2. The van der Waals surface area contributed by atoms with Crippen LogP contribution in [0.5, 0.6) is 0 Å². The normalized spacial score (nSPS) is 21.8. The van der Waals surface area contributed by atoms with Gasteiger partial charge in [0.05, 0.1) is 10.6 Å². The number of nitrogens with two attached hydrogens (primary N) is 1. The molecule has 2 rings (SSSR count). The first-order valence-corrected chi connectivity index (χ1v) is 6.46. The van der Waals surface area contributed by atoms with Crippen LogP contribution in [0.4, 0.5) is 4.39 Å². The first-order chi connectivity index (χ1) is 8.63. The maximum atomic E-state index is 13.6. The van der Waals surface area contributed by atoms with Crippen molar-refractivity contribution in [3.05, 3.63) is 34.6 Å². The van der Waals surface area contributed by atoms with Crippen LogP contribution in [0, 0.1) is 11.7 Å². The maximum absolute atomic E-state index is 13.6. The zero-order valence-electron chi connectivity index (χ0n) is 10.4. The van der Waals surface area contributed by atoms with Gasteiger partial charge in [0, 0.05) is 6.04 Å². The molecule has 106 valence electrons. The fraction of sp³-hybridized carbons (Fsp3) is 0.462. The molecule has 0 heterocycles. The largest absolute Gasteiger partial charge is 0.349 e. The number of benzene rings is 1. The van der Waals surface area contributed by atoms with E-state index in [0.717, 1.165) is 19.3 Å². The van der Waals surface area contributed by atoms with Crippen molar-refractivity contribution in [1.82, 2.24) is 5.32 Å². The molecule has 0 aromatic heterocycles. The van der Waals surface area contributed by atoms with Crippen molar-refractivity contribution in [2.24, 2.45) is 11.7 Å². The first kappa shape index (κ1) is 16.2. The standard InChI is InChI=1S/C13H16ClFN2O.ClH/c14-9-4-2-5-10(15)12(9)13(18)17-11-6-1-3-8(11)7-16;/h2,4-5,8,11H,1,3,6-7,16H2,(H,17,18);1H. The Labute approximate surface area is 123 Å². The van der Waals surface area contributed by atoms with Gasteiger partial charge in [0.1, 0.15) is 5.82 Å². The molecule has 2 unspecified atom stereocenters. The van der Waals surface area contributed by atoms with Gasteiger partial charge in [-0.3, -0.25) is 4.79 Å². The summed E-state index contributed by atoms with van der Waals surface area (Å²) in [5, 5.41) is 2.97. The highest BCUT2D eigenvalue weighted by Gasteiger charge is 2.28. The molecule has 19 heavy (non-hydrogen) atoms. The van der Waals surface area contributed by atoms with Crippen molar-refractivity contribution in [1.29, 1.82) is 0 Å². The zero-order valence-corrected chi connectivity index (χ0v) is 11.9. The van der Waals surface area contributed by atoms with Crippen molar-refractivity contribution in [2.75, 3.05) is 6.54 Å². The molecule has 0 spiro atoms. The second-order valence-electron chi connectivity index (χ2n) is 4.60. The predicted octanol–water partition coefficient (Wildman–Crippen LogP) is 2.76. The molecule has 0 aliphatic heterocycles. The Kier molecular flexibility index (Phi) is 6.04. The minimum Gasteiger partial charge on any atom is -0.349 e. The second kappa shape index (κ2) is 7.08. The van der Waals surface area contributed by atoms with Crippen molar-refractivity contribution < 1.29 is 9.18 Å². The fourth-order valence-corrected chi connectivity index (χ4v) is 2.71. The van der Waals surface area contributed by atoms with Crippen molar-refractivity contribution in [3.63, 3.8) is 0 Å². The first-order valence-electron chi connectivity index (χ1n) is 6.08. The van der Waals surface area contributed by atoms with E-state index in [4.69, 9.17) is 17.3 Å². The van der Waals surface area contributed by atoms with E-state index in [0.29, 0.717) is 6.54 Å². The molecule has 2 atom stereocenters. The summed E-state index contributed by atoms with van der Waals surface area (Å²) in [6.07, 6.45) is 2.93. The maximum Gasteiger partial charge on any atom is 0.256 e. The molecular formula is C13H17Cl2FN2O. The summed E-state index contributed by atoms with van der Waals surface area (Å²) in [7, 11) is 0. The lowest BCUT2D eigenvalue weighted by Crippen LogP contribution is -2.40. The quantitative estimate of drug-likeness (QED) is 0.902. The Balaban J connectivity index is 0.00000180. The van der Waals surface area contributed by atoms with Crippen molar-refractivity contribution in [2.45, 2.75) is 25.3 Å². The molecule has 1 aliphatic carbocycles. The third-order valence-corrected chi connectivity index (χ3v) is 3.78. The van der Waals surface area contributed by atoms with Crippen LogP contribution >= 0.6 is 24.0 Å². The lowest BCUT2D eigenvalue weighted by molar-refractivity contribution is 0.0925. The number of amides is 1. The van der Waals surface area contributed by atoms with E-state index in [-0.39, 0.29) is 35.0 Å². The lowest BCUT2D eigenvalue weighted by Gasteiger charge is -2.19. The molecule has 1 amide bonds. The van der Waals surface area contributed by atoms with E-state index in [1.54, 1.807) is 0 Å². The third kappa shape index (κ3) is 3.59. The minimum atomic E-state index is -0.595. The molecule has 1 aromatic carbocycles. The van der Waals surface area contributed by atoms with Gasteiger partial charge in [0.15, 0.2) is 0 Å². The smallest absolute Gasteiger partial charge is 0.256 e. The van der Waals surface area contributed by atoms with Crippen molar-refractivity contribution >= 4 is 29.9 Å². The van der Waals surface area contributed by atoms with E-state index in [1.165, 1.54) is 18.2 Å². The molecule has 1 saturated carbocycles. The molecule has 3 N–H and O–H groups in total. The Bertz CT molecular complexity index is 436. The number of carbonyl (C=O) groups excluding carboxylic acids is 1. The third-order valence-electron chi connectivity index (χ3n) is 3.47. The van der Waals surface area contributed by atoms with Gasteiger partial charge in [0.25, 0.3) is 5.91 Å². The van der Waals surface area contributed by atoms with E-state index < -0.39 is 11.7 Å². The number of halogens is 3. The van der Waals surface area contributed by atoms with Gasteiger partial charge in [-0.15, -0.1) is 12.4 Å². The van der Waals surface area contributed by atoms with Crippen LogP contribution in [-0.2, 0) is 0 Å². The summed E-state index contributed by atoms with van der Waals surface area (Å²) in [5.41, 5.74) is 5.57. The monoisotopic (exact) mass is 306 g/mol. The molecule has 1 aromatic rings. The number of nitrogens with one attached hydrogen (secondary N) is 1. The van der Waals surface area contributed by atoms with Gasteiger partial charge in [-0.05, 0) is 37.4 Å². The molecule has 3 nitrogen and oxygen atoms in total. The van der Waals surface area contributed by atoms with Gasteiger partial charge in [-0.2, -0.15) is 0 Å². The van der Waals surface area contributed by atoms with Gasteiger partial charge in [-0.25, -0.2) is 4.39 Å². The molecule has 0 radical (unpaired) electrons. The summed E-state index contributed by atoms with van der Waals surface area (Å²) < 4.78 is 13.6. The van der Waals surface area contributed by atoms with Crippen LogP contribution in [0.1, 0.15) is 29.6 Å². The summed E-state index contributed by atoms with van der Waals surface area (Å²) in [4.78, 5) is 12.0. The molecule has 6 heteroatoms. The highest BCUT2D eigenvalue weighted by molar-refractivity contribution is 6.33. The summed E-state index contributed by atoms with van der Waals surface area (Å²) in [6, 6.07) is 4.25. The van der Waals surface area contributed by atoms with E-state index in [1.807, 2.05) is 0 Å². The number of rotatable bonds is 3. The van der Waals surface area contributed by atoms with Crippen LogP contribution < -0.4 is 11.1 Å². The van der Waals surface area contributed by atoms with Crippen molar-refractivity contribution in [3.8, 4) is 0 Å². The topological polar surface area (TPSA) is 55.1 Å². The summed E-state index contributed by atoms with van der Waals surface area (Å²) in [5.74, 6) is -0.773. The molecular weight excluding hydrogens is 290 g/mol. The second-order valence-corrected chi connectivity index (χ2v) is 5.01. The van der Waals surface area contributed by atoms with Crippen LogP contribution in [0.3, 0.4) is 0 Å². The Morgan fingerprint density at radius 3 is 2.84 bits per heavy atom. The van der Waals surface area contributed by atoms with E-state index >= 15 is 0 Å². The Morgan fingerprint density at radius 2 is 2.21 bits per heavy atom.